The van der Waals surface area contributed by atoms with E-state index in [-0.39, 0.29) is 25.9 Å². The van der Waals surface area contributed by atoms with Gasteiger partial charge in [-0.1, -0.05) is 254 Å². The van der Waals surface area contributed by atoms with Crippen LogP contribution in [0.3, 0.4) is 0 Å². The van der Waals surface area contributed by atoms with Crippen LogP contribution in [-0.4, -0.2) is 89.2 Å². The van der Waals surface area contributed by atoms with Gasteiger partial charge in [-0.25, -0.2) is 4.79 Å². The fraction of sp³-hybridized carbons (Fsp3) is 0.761. The minimum absolute atomic E-state index is 0.0611. The highest BCUT2D eigenvalue weighted by Crippen LogP contribution is 2.26. The first-order valence-electron chi connectivity index (χ1n) is 31.9. The van der Waals surface area contributed by atoms with Crippen LogP contribution >= 0.6 is 0 Å². The van der Waals surface area contributed by atoms with Crippen molar-refractivity contribution >= 4 is 23.9 Å². The number of allylic oxidation sites excluding steroid dienone is 12. The molecule has 0 aromatic heterocycles. The number of unbranched alkanes of at least 4 members (excludes halogenated alkanes) is 28. The average molecular weight is 1110 g/mol. The second-order valence-corrected chi connectivity index (χ2v) is 21.7. The molecule has 454 valence electrons. The van der Waals surface area contributed by atoms with Crippen molar-refractivity contribution in [3.63, 3.8) is 0 Å². The van der Waals surface area contributed by atoms with E-state index in [1.54, 1.807) is 0 Å². The lowest BCUT2D eigenvalue weighted by Crippen LogP contribution is -2.61. The summed E-state index contributed by atoms with van der Waals surface area (Å²) in [6.45, 7) is 5.85. The quantitative estimate of drug-likeness (QED) is 0.0228. The minimum atomic E-state index is -1.93. The SMILES string of the molecule is CC/C=C\C/C=C\C/C=C\C/C=C\CCC(=O)OC1C(OCC(COC(=O)CCCCCCCCCCC/C=C\C/C=C\CCCCC)OC(=O)CCCCCCCCCCCCCCCCCCC)OC(C(=O)O)C(O)C1O. The highest BCUT2D eigenvalue weighted by Gasteiger charge is 2.50. The molecule has 1 aliphatic heterocycles. The van der Waals surface area contributed by atoms with Crippen molar-refractivity contribution in [2.75, 3.05) is 13.2 Å². The second kappa shape index (κ2) is 54.7. The van der Waals surface area contributed by atoms with E-state index < -0.39 is 67.3 Å². The number of hydrogen-bond donors (Lipinski definition) is 3. The molecule has 1 saturated heterocycles. The van der Waals surface area contributed by atoms with Crippen molar-refractivity contribution in [3.05, 3.63) is 72.9 Å². The minimum Gasteiger partial charge on any atom is -0.479 e. The summed E-state index contributed by atoms with van der Waals surface area (Å²) < 4.78 is 28.4. The van der Waals surface area contributed by atoms with E-state index in [1.165, 1.54) is 141 Å². The monoisotopic (exact) mass is 1110 g/mol. The van der Waals surface area contributed by atoms with Gasteiger partial charge in [-0.05, 0) is 77.0 Å². The number of carbonyl (C=O) groups excluding carboxylic acids is 3. The highest BCUT2D eigenvalue weighted by molar-refractivity contribution is 5.74. The van der Waals surface area contributed by atoms with E-state index in [4.69, 9.17) is 23.7 Å². The molecule has 1 rings (SSSR count). The summed E-state index contributed by atoms with van der Waals surface area (Å²) in [5, 5.41) is 31.5. The molecule has 3 N–H and O–H groups in total. The number of aliphatic hydroxyl groups is 2. The van der Waals surface area contributed by atoms with Gasteiger partial charge in [0.2, 0.25) is 0 Å². The Morgan fingerprint density at radius 2 is 0.823 bits per heavy atom. The number of carboxylic acid groups (broad SMARTS) is 1. The fourth-order valence-electron chi connectivity index (χ4n) is 9.41. The van der Waals surface area contributed by atoms with Gasteiger partial charge in [-0.2, -0.15) is 0 Å². The second-order valence-electron chi connectivity index (χ2n) is 21.7. The zero-order valence-electron chi connectivity index (χ0n) is 50.1. The maximum absolute atomic E-state index is 13.2. The van der Waals surface area contributed by atoms with Crippen molar-refractivity contribution in [2.24, 2.45) is 0 Å². The molecule has 0 aromatic carbocycles. The van der Waals surface area contributed by atoms with Gasteiger partial charge in [0.25, 0.3) is 0 Å². The molecule has 0 aliphatic carbocycles. The first-order valence-corrected chi connectivity index (χ1v) is 31.9. The number of hydrogen-bond acceptors (Lipinski definition) is 11. The number of carbonyl (C=O) groups is 4. The zero-order valence-corrected chi connectivity index (χ0v) is 50.1. The van der Waals surface area contributed by atoms with E-state index in [2.05, 4.69) is 75.5 Å². The van der Waals surface area contributed by atoms with Crippen molar-refractivity contribution in [3.8, 4) is 0 Å². The molecule has 0 amide bonds. The molecule has 0 bridgehead atoms. The van der Waals surface area contributed by atoms with Gasteiger partial charge in [0, 0.05) is 19.3 Å². The standard InChI is InChI=1S/C67H114O12/c1-4-7-10-13-16-19-22-25-27-29-30-32-33-36-38-41-44-47-50-53-59(68)75-56-58(77-60(69)54-51-48-45-42-40-37-34-31-28-26-23-20-17-14-11-8-5-2)57-76-67-65(63(72)62(71)64(79-67)66(73)74)78-61(70)55-52-49-46-43-39-35-24-21-18-15-12-9-6-3/h9,12,16,18-19,21,25,27,35,39,46,49,58,62-65,67,71-72H,4-8,10-11,13-15,17,20,22-24,26,28-34,36-38,40-45,47-48,50-57H2,1-3H3,(H,73,74)/b12-9-,19-16-,21-18-,27-25-,39-35-,49-46-. The van der Waals surface area contributed by atoms with Crippen LogP contribution in [0.5, 0.6) is 0 Å². The number of aliphatic hydroxyl groups excluding tert-OH is 2. The summed E-state index contributed by atoms with van der Waals surface area (Å²) in [5.41, 5.74) is 0. The van der Waals surface area contributed by atoms with Gasteiger partial charge in [0.05, 0.1) is 6.61 Å². The van der Waals surface area contributed by atoms with Gasteiger partial charge in [0.15, 0.2) is 24.6 Å². The third-order valence-electron chi connectivity index (χ3n) is 14.3. The summed E-state index contributed by atoms with van der Waals surface area (Å²) in [5.74, 6) is -3.21. The summed E-state index contributed by atoms with van der Waals surface area (Å²) in [6.07, 6.45) is 57.4. The number of esters is 3. The molecule has 1 aliphatic rings. The molecule has 12 nitrogen and oxygen atoms in total. The zero-order chi connectivity index (χ0) is 57.5. The Morgan fingerprint density at radius 3 is 1.29 bits per heavy atom. The van der Waals surface area contributed by atoms with Crippen LogP contribution < -0.4 is 0 Å². The van der Waals surface area contributed by atoms with E-state index in [0.29, 0.717) is 25.7 Å². The normalized spacial score (nSPS) is 18.3. The molecule has 12 heteroatoms. The maximum atomic E-state index is 13.2. The molecule has 0 saturated carbocycles. The predicted molar refractivity (Wildman–Crippen MR) is 322 cm³/mol. The lowest BCUT2D eigenvalue weighted by Gasteiger charge is -2.40. The van der Waals surface area contributed by atoms with Gasteiger partial charge in [-0.3, -0.25) is 14.4 Å². The molecule has 6 unspecified atom stereocenters. The smallest absolute Gasteiger partial charge is 0.335 e. The van der Waals surface area contributed by atoms with Crippen molar-refractivity contribution in [1.29, 1.82) is 0 Å². The van der Waals surface area contributed by atoms with Crippen LogP contribution in [0.1, 0.15) is 278 Å². The van der Waals surface area contributed by atoms with Crippen molar-refractivity contribution < 1.29 is 58.2 Å². The Kier molecular flexibility index (Phi) is 50.7. The molecule has 0 aromatic rings. The Hall–Kier alpha value is -3.84. The van der Waals surface area contributed by atoms with E-state index in [1.807, 2.05) is 18.2 Å². The Balaban J connectivity index is 2.68. The first kappa shape index (κ1) is 73.2. The molecule has 6 atom stereocenters. The lowest BCUT2D eigenvalue weighted by atomic mass is 9.98. The number of rotatable bonds is 54. The summed E-state index contributed by atoms with van der Waals surface area (Å²) in [7, 11) is 0. The Labute approximate surface area is 480 Å². The van der Waals surface area contributed by atoms with Gasteiger partial charge in [0.1, 0.15) is 18.8 Å². The molecule has 0 radical (unpaired) electrons. The number of aliphatic carboxylic acids is 1. The fourth-order valence-corrected chi connectivity index (χ4v) is 9.41. The molecule has 79 heavy (non-hydrogen) atoms. The Bertz CT molecular complexity index is 1650. The van der Waals surface area contributed by atoms with Gasteiger partial charge >= 0.3 is 23.9 Å². The summed E-state index contributed by atoms with van der Waals surface area (Å²) in [6, 6.07) is 0. The molecular weight excluding hydrogens is 997 g/mol. The largest absolute Gasteiger partial charge is 0.479 e. The molecule has 1 fully saturated rings. The molecular formula is C67H114O12. The van der Waals surface area contributed by atoms with Crippen LogP contribution in [-0.2, 0) is 42.9 Å². The van der Waals surface area contributed by atoms with Crippen molar-refractivity contribution in [1.82, 2.24) is 0 Å². The van der Waals surface area contributed by atoms with Crippen LogP contribution in [0.25, 0.3) is 0 Å². The third kappa shape index (κ3) is 44.5. The van der Waals surface area contributed by atoms with E-state index in [9.17, 15) is 34.5 Å². The average Bonchev–Trinajstić information content (AvgIpc) is 3.46. The molecule has 1 heterocycles. The van der Waals surface area contributed by atoms with Crippen LogP contribution in [0.4, 0.5) is 0 Å². The Morgan fingerprint density at radius 1 is 0.430 bits per heavy atom. The van der Waals surface area contributed by atoms with E-state index in [0.717, 1.165) is 70.6 Å². The van der Waals surface area contributed by atoms with Crippen LogP contribution in [0.2, 0.25) is 0 Å². The van der Waals surface area contributed by atoms with E-state index >= 15 is 0 Å². The molecule has 0 spiro atoms. The van der Waals surface area contributed by atoms with Crippen LogP contribution in [0, 0.1) is 0 Å². The maximum Gasteiger partial charge on any atom is 0.335 e. The topological polar surface area (TPSA) is 175 Å². The first-order chi connectivity index (χ1) is 38.6. The van der Waals surface area contributed by atoms with Crippen molar-refractivity contribution in [2.45, 2.75) is 314 Å². The van der Waals surface area contributed by atoms with Crippen LogP contribution in [0.15, 0.2) is 72.9 Å². The summed E-state index contributed by atoms with van der Waals surface area (Å²) >= 11 is 0. The van der Waals surface area contributed by atoms with Gasteiger partial charge in [-0.15, -0.1) is 0 Å². The number of ether oxygens (including phenoxy) is 5. The lowest BCUT2D eigenvalue weighted by molar-refractivity contribution is -0.301. The number of carboxylic acids is 1. The predicted octanol–water partition coefficient (Wildman–Crippen LogP) is 16.9. The van der Waals surface area contributed by atoms with Gasteiger partial charge < -0.3 is 39.0 Å². The summed E-state index contributed by atoms with van der Waals surface area (Å²) in [4.78, 5) is 51.2. The highest BCUT2D eigenvalue weighted by atomic mass is 16.7. The third-order valence-corrected chi connectivity index (χ3v) is 14.3.